The molecular formula is C9H9F3N4S. The van der Waals surface area contributed by atoms with E-state index in [1.807, 2.05) is 30.1 Å². The van der Waals surface area contributed by atoms with Crippen molar-refractivity contribution in [3.05, 3.63) is 29.0 Å². The molecule has 0 amide bonds. The summed E-state index contributed by atoms with van der Waals surface area (Å²) in [5.41, 5.74) is 0.969. The van der Waals surface area contributed by atoms with E-state index in [9.17, 15) is 13.2 Å². The van der Waals surface area contributed by atoms with Crippen molar-refractivity contribution < 1.29 is 13.2 Å². The predicted molar refractivity (Wildman–Crippen MR) is 57.7 cm³/mol. The Morgan fingerprint density at radius 2 is 2.18 bits per heavy atom. The summed E-state index contributed by atoms with van der Waals surface area (Å²) < 4.78 is 38.6. The summed E-state index contributed by atoms with van der Waals surface area (Å²) in [6, 6.07) is 1.87. The van der Waals surface area contributed by atoms with Crippen LogP contribution in [0.5, 0.6) is 0 Å². The fourth-order valence-electron chi connectivity index (χ4n) is 1.25. The quantitative estimate of drug-likeness (QED) is 0.924. The minimum atomic E-state index is -4.43. The summed E-state index contributed by atoms with van der Waals surface area (Å²) >= 11 is 0.501. The van der Waals surface area contributed by atoms with Gasteiger partial charge in [0.2, 0.25) is 10.1 Å². The van der Waals surface area contributed by atoms with E-state index in [0.717, 1.165) is 5.56 Å². The van der Waals surface area contributed by atoms with Crippen LogP contribution >= 0.6 is 11.3 Å². The maximum Gasteiger partial charge on any atom is 0.445 e. The fourth-order valence-corrected chi connectivity index (χ4v) is 1.86. The Labute approximate surface area is 99.1 Å². The number of alkyl halides is 3. The lowest BCUT2D eigenvalue weighted by Crippen LogP contribution is -2.03. The highest BCUT2D eigenvalue weighted by Gasteiger charge is 2.35. The molecule has 1 N–H and O–H groups in total. The van der Waals surface area contributed by atoms with Gasteiger partial charge in [0.15, 0.2) is 0 Å². The van der Waals surface area contributed by atoms with E-state index in [1.54, 1.807) is 0 Å². The monoisotopic (exact) mass is 262 g/mol. The van der Waals surface area contributed by atoms with Crippen LogP contribution < -0.4 is 5.32 Å². The highest BCUT2D eigenvalue weighted by atomic mass is 32.1. The van der Waals surface area contributed by atoms with Gasteiger partial charge < -0.3 is 9.88 Å². The molecule has 0 atom stereocenters. The van der Waals surface area contributed by atoms with Crippen LogP contribution in [0.1, 0.15) is 10.6 Å². The van der Waals surface area contributed by atoms with Crippen molar-refractivity contribution >= 4 is 16.5 Å². The highest BCUT2D eigenvalue weighted by Crippen LogP contribution is 2.33. The molecule has 8 heteroatoms. The van der Waals surface area contributed by atoms with Crippen molar-refractivity contribution in [2.45, 2.75) is 12.7 Å². The van der Waals surface area contributed by atoms with Crippen LogP contribution in [0.4, 0.5) is 18.3 Å². The first-order valence-electron chi connectivity index (χ1n) is 4.70. The van der Waals surface area contributed by atoms with E-state index in [2.05, 4.69) is 15.5 Å². The maximum atomic E-state index is 12.2. The van der Waals surface area contributed by atoms with E-state index in [4.69, 9.17) is 0 Å². The van der Waals surface area contributed by atoms with Gasteiger partial charge in [-0.1, -0.05) is 11.3 Å². The molecule has 0 bridgehead atoms. The van der Waals surface area contributed by atoms with Crippen molar-refractivity contribution in [3.63, 3.8) is 0 Å². The van der Waals surface area contributed by atoms with Crippen LogP contribution in [0.25, 0.3) is 0 Å². The molecule has 0 fully saturated rings. The van der Waals surface area contributed by atoms with Gasteiger partial charge in [0, 0.05) is 26.0 Å². The van der Waals surface area contributed by atoms with Crippen LogP contribution in [-0.4, -0.2) is 14.8 Å². The molecule has 0 saturated carbocycles. The largest absolute Gasteiger partial charge is 0.445 e. The molecule has 0 spiro atoms. The van der Waals surface area contributed by atoms with Crippen molar-refractivity contribution in [1.29, 1.82) is 0 Å². The van der Waals surface area contributed by atoms with Crippen molar-refractivity contribution in [2.75, 3.05) is 5.32 Å². The number of nitrogens with zero attached hydrogens (tertiary/aromatic N) is 3. The van der Waals surface area contributed by atoms with E-state index in [0.29, 0.717) is 17.9 Å². The Morgan fingerprint density at radius 1 is 1.41 bits per heavy atom. The topological polar surface area (TPSA) is 42.7 Å². The lowest BCUT2D eigenvalue weighted by molar-refractivity contribution is -0.138. The normalized spacial score (nSPS) is 11.8. The van der Waals surface area contributed by atoms with Crippen LogP contribution in [0.15, 0.2) is 18.5 Å². The molecule has 0 aliphatic carbocycles. The van der Waals surface area contributed by atoms with E-state index in [1.165, 1.54) is 0 Å². The maximum absolute atomic E-state index is 12.2. The van der Waals surface area contributed by atoms with Gasteiger partial charge in [-0.05, 0) is 11.6 Å². The molecule has 0 aromatic carbocycles. The molecule has 0 aliphatic heterocycles. The molecule has 0 saturated heterocycles. The first kappa shape index (κ1) is 11.9. The zero-order valence-electron chi connectivity index (χ0n) is 8.82. The number of nitrogens with one attached hydrogen (secondary N) is 1. The molecule has 17 heavy (non-hydrogen) atoms. The molecule has 4 nitrogen and oxygen atoms in total. The Balaban J connectivity index is 1.98. The van der Waals surface area contributed by atoms with Gasteiger partial charge >= 0.3 is 6.18 Å². The van der Waals surface area contributed by atoms with Gasteiger partial charge in [-0.2, -0.15) is 13.2 Å². The molecule has 2 aromatic heterocycles. The summed E-state index contributed by atoms with van der Waals surface area (Å²) in [4.78, 5) is 0. The van der Waals surface area contributed by atoms with Gasteiger partial charge in [-0.3, -0.25) is 0 Å². The number of aromatic nitrogens is 3. The zero-order valence-corrected chi connectivity index (χ0v) is 9.64. The van der Waals surface area contributed by atoms with Gasteiger partial charge in [0.05, 0.1) is 0 Å². The summed E-state index contributed by atoms with van der Waals surface area (Å²) in [5, 5.41) is 8.54. The van der Waals surface area contributed by atoms with Crippen molar-refractivity contribution in [3.8, 4) is 0 Å². The van der Waals surface area contributed by atoms with E-state index >= 15 is 0 Å². The molecule has 2 aromatic rings. The van der Waals surface area contributed by atoms with Gasteiger partial charge in [-0.25, -0.2) is 0 Å². The number of halogens is 3. The van der Waals surface area contributed by atoms with Gasteiger partial charge in [0.25, 0.3) is 0 Å². The third-order valence-corrected chi connectivity index (χ3v) is 2.93. The van der Waals surface area contributed by atoms with Gasteiger partial charge in [0.1, 0.15) is 0 Å². The lowest BCUT2D eigenvalue weighted by Gasteiger charge is -1.99. The molecule has 0 radical (unpaired) electrons. The Morgan fingerprint density at radius 3 is 2.71 bits per heavy atom. The molecule has 0 unspecified atom stereocenters. The lowest BCUT2D eigenvalue weighted by atomic mass is 10.3. The SMILES string of the molecule is Cn1ccc(CNc2nnc(C(F)(F)F)s2)c1. The summed E-state index contributed by atoms with van der Waals surface area (Å²) in [7, 11) is 1.87. The number of hydrogen-bond acceptors (Lipinski definition) is 4. The van der Waals surface area contributed by atoms with Crippen LogP contribution in [0, 0.1) is 0 Å². The van der Waals surface area contributed by atoms with Crippen LogP contribution in [0.2, 0.25) is 0 Å². The Hall–Kier alpha value is -1.57. The molecule has 92 valence electrons. The minimum absolute atomic E-state index is 0.168. The van der Waals surface area contributed by atoms with Crippen LogP contribution in [-0.2, 0) is 19.8 Å². The summed E-state index contributed by atoms with van der Waals surface area (Å²) in [6.45, 7) is 0.424. The molecule has 2 heterocycles. The number of anilines is 1. The standard InChI is InChI=1S/C9H9F3N4S/c1-16-3-2-6(5-16)4-13-8-15-14-7(17-8)9(10,11)12/h2-3,5H,4H2,1H3,(H,13,15). The van der Waals surface area contributed by atoms with Crippen molar-refractivity contribution in [2.24, 2.45) is 7.05 Å². The first-order valence-corrected chi connectivity index (χ1v) is 5.52. The smallest absolute Gasteiger partial charge is 0.357 e. The summed E-state index contributed by atoms with van der Waals surface area (Å²) in [6.07, 6.45) is -0.693. The minimum Gasteiger partial charge on any atom is -0.357 e. The molecule has 0 aliphatic rings. The van der Waals surface area contributed by atoms with Crippen molar-refractivity contribution in [1.82, 2.24) is 14.8 Å². The molecule has 2 rings (SSSR count). The third kappa shape index (κ3) is 2.96. The van der Waals surface area contributed by atoms with Crippen LogP contribution in [0.3, 0.4) is 0 Å². The second-order valence-electron chi connectivity index (χ2n) is 3.45. The first-order chi connectivity index (χ1) is 7.95. The average molecular weight is 262 g/mol. The Bertz CT molecular complexity index is 502. The molecular weight excluding hydrogens is 253 g/mol. The second kappa shape index (κ2) is 4.36. The number of aryl methyl sites for hydroxylation is 1. The number of hydrogen-bond donors (Lipinski definition) is 1. The number of rotatable bonds is 3. The fraction of sp³-hybridized carbons (Fsp3) is 0.333. The average Bonchev–Trinajstić information content (AvgIpc) is 2.82. The highest BCUT2D eigenvalue weighted by molar-refractivity contribution is 7.15. The summed E-state index contributed by atoms with van der Waals surface area (Å²) in [5.74, 6) is 0. The zero-order chi connectivity index (χ0) is 12.5. The third-order valence-electron chi connectivity index (χ3n) is 2.00. The Kier molecular flexibility index (Phi) is 3.05. The van der Waals surface area contributed by atoms with E-state index < -0.39 is 11.2 Å². The predicted octanol–water partition coefficient (Wildman–Crippen LogP) is 2.51. The van der Waals surface area contributed by atoms with E-state index in [-0.39, 0.29) is 5.13 Å². The second-order valence-corrected chi connectivity index (χ2v) is 4.43. The van der Waals surface area contributed by atoms with Gasteiger partial charge in [-0.15, -0.1) is 10.2 Å².